The van der Waals surface area contributed by atoms with E-state index in [-0.39, 0.29) is 29.6 Å². The minimum absolute atomic E-state index is 0.0208. The highest BCUT2D eigenvalue weighted by Gasteiger charge is 2.58. The van der Waals surface area contributed by atoms with Crippen LogP contribution in [0.15, 0.2) is 103 Å². The van der Waals surface area contributed by atoms with E-state index in [2.05, 4.69) is 22.8 Å². The molecule has 7 heteroatoms. The van der Waals surface area contributed by atoms with Crippen LogP contribution in [-0.4, -0.2) is 43.4 Å². The molecule has 1 saturated carbocycles. The molecule has 0 radical (unpaired) electrons. The molecule has 3 aromatic carbocycles. The van der Waals surface area contributed by atoms with Gasteiger partial charge in [0.2, 0.25) is 11.8 Å². The van der Waals surface area contributed by atoms with Gasteiger partial charge in [-0.05, 0) is 61.7 Å². The van der Waals surface area contributed by atoms with E-state index in [1.54, 1.807) is 31.3 Å². The Kier molecular flexibility index (Phi) is 9.06. The second-order valence-electron chi connectivity index (χ2n) is 9.38. The maximum atomic E-state index is 12.0. The molecule has 2 aliphatic carbocycles. The standard InChI is InChI=1S/C15H16N2O2.C10H11NO2.C6H6/c1-16-11-19-14-9-7-12(8-10-14)15(18)17-13-5-3-2-4-6-13;1-11-9(12)7-5-2-3-6(4-5)8(7)10(11)13;1-2-4-6-5-3-1/h2-10,16H,11H2,1H3,(H,17,18);2-3,5-8H,4H2,1H3;1-6H. The predicted octanol–water partition coefficient (Wildman–Crippen LogP) is 4.60. The number of anilines is 1. The number of carbonyl (C=O) groups excluding carboxylic acids is 3. The highest BCUT2D eigenvalue weighted by Crippen LogP contribution is 2.52. The highest BCUT2D eigenvalue weighted by atomic mass is 16.5. The maximum Gasteiger partial charge on any atom is 0.255 e. The molecule has 4 atom stereocenters. The fraction of sp³-hybridized carbons (Fsp3) is 0.258. The Morgan fingerprint density at radius 1 is 0.816 bits per heavy atom. The topological polar surface area (TPSA) is 87.7 Å². The predicted molar refractivity (Wildman–Crippen MR) is 147 cm³/mol. The van der Waals surface area contributed by atoms with Gasteiger partial charge in [-0.15, -0.1) is 0 Å². The SMILES string of the molecule is CN1C(=O)C2C3C=CC(C3)C2C1=O.CNCOc1ccc(C(=O)Nc2ccccc2)cc1.c1ccccc1. The van der Waals surface area contributed by atoms with Gasteiger partial charge in [0.1, 0.15) is 12.5 Å². The number of nitrogens with zero attached hydrogens (tertiary/aromatic N) is 1. The first-order valence-corrected chi connectivity index (χ1v) is 12.7. The van der Waals surface area contributed by atoms with Crippen molar-refractivity contribution in [3.63, 3.8) is 0 Å². The van der Waals surface area contributed by atoms with Crippen LogP contribution in [0.25, 0.3) is 0 Å². The Labute approximate surface area is 223 Å². The molecule has 1 saturated heterocycles. The molecule has 1 aliphatic heterocycles. The molecule has 3 aliphatic rings. The van der Waals surface area contributed by atoms with Crippen LogP contribution in [-0.2, 0) is 9.59 Å². The molecule has 1 heterocycles. The summed E-state index contributed by atoms with van der Waals surface area (Å²) in [5.74, 6) is 1.31. The van der Waals surface area contributed by atoms with Crippen molar-refractivity contribution in [3.8, 4) is 5.75 Å². The first kappa shape index (κ1) is 26.8. The van der Waals surface area contributed by atoms with Gasteiger partial charge < -0.3 is 10.1 Å². The molecule has 6 rings (SSSR count). The van der Waals surface area contributed by atoms with Crippen LogP contribution in [0.5, 0.6) is 5.75 Å². The van der Waals surface area contributed by atoms with Gasteiger partial charge in [0.15, 0.2) is 0 Å². The largest absolute Gasteiger partial charge is 0.478 e. The minimum atomic E-state index is -0.133. The molecule has 4 unspecified atom stereocenters. The van der Waals surface area contributed by atoms with Crippen molar-refractivity contribution in [3.05, 3.63) is 109 Å². The van der Waals surface area contributed by atoms with Crippen molar-refractivity contribution in [2.75, 3.05) is 26.1 Å². The van der Waals surface area contributed by atoms with E-state index in [9.17, 15) is 14.4 Å². The number of carbonyl (C=O) groups is 3. The summed E-state index contributed by atoms with van der Waals surface area (Å²) >= 11 is 0. The van der Waals surface area contributed by atoms with Crippen LogP contribution in [0.3, 0.4) is 0 Å². The number of amides is 3. The van der Waals surface area contributed by atoms with Gasteiger partial charge in [-0.3, -0.25) is 24.6 Å². The first-order valence-electron chi connectivity index (χ1n) is 12.7. The number of imide groups is 1. The summed E-state index contributed by atoms with van der Waals surface area (Å²) in [6.45, 7) is 0.440. The molecule has 0 aromatic heterocycles. The summed E-state index contributed by atoms with van der Waals surface area (Å²) in [6, 6.07) is 28.4. The van der Waals surface area contributed by atoms with E-state index in [0.29, 0.717) is 24.1 Å². The average molecular weight is 512 g/mol. The van der Waals surface area contributed by atoms with E-state index >= 15 is 0 Å². The summed E-state index contributed by atoms with van der Waals surface area (Å²) < 4.78 is 5.37. The Morgan fingerprint density at radius 2 is 1.32 bits per heavy atom. The van der Waals surface area contributed by atoms with E-state index in [1.165, 1.54) is 4.90 Å². The maximum absolute atomic E-state index is 12.0. The molecule has 0 spiro atoms. The smallest absolute Gasteiger partial charge is 0.255 e. The average Bonchev–Trinajstić information content (AvgIpc) is 3.65. The summed E-state index contributed by atoms with van der Waals surface area (Å²) in [5.41, 5.74) is 1.38. The fourth-order valence-corrected chi connectivity index (χ4v) is 5.02. The van der Waals surface area contributed by atoms with Crippen LogP contribution in [0.4, 0.5) is 5.69 Å². The number of fused-ring (bicyclic) bond motifs is 5. The highest BCUT2D eigenvalue weighted by molar-refractivity contribution is 6.06. The molecule has 3 amide bonds. The van der Waals surface area contributed by atoms with Crippen molar-refractivity contribution in [1.82, 2.24) is 10.2 Å². The van der Waals surface area contributed by atoms with Crippen LogP contribution >= 0.6 is 0 Å². The van der Waals surface area contributed by atoms with Crippen molar-refractivity contribution in [2.24, 2.45) is 23.7 Å². The molecular formula is C31H33N3O4. The number of allylic oxidation sites excluding steroid dienone is 2. The van der Waals surface area contributed by atoms with Crippen LogP contribution in [0.1, 0.15) is 16.8 Å². The number of hydrogen-bond acceptors (Lipinski definition) is 5. The monoisotopic (exact) mass is 511 g/mol. The molecule has 38 heavy (non-hydrogen) atoms. The third-order valence-corrected chi connectivity index (χ3v) is 6.89. The van der Waals surface area contributed by atoms with Crippen molar-refractivity contribution < 1.29 is 19.1 Å². The third kappa shape index (κ3) is 6.36. The first-order chi connectivity index (χ1) is 18.5. The molecule has 2 N–H and O–H groups in total. The van der Waals surface area contributed by atoms with Gasteiger partial charge in [0.25, 0.3) is 5.91 Å². The number of ether oxygens (including phenoxy) is 1. The van der Waals surface area contributed by atoms with Gasteiger partial charge in [-0.25, -0.2) is 0 Å². The quantitative estimate of drug-likeness (QED) is 0.297. The lowest BCUT2D eigenvalue weighted by Gasteiger charge is -2.14. The number of para-hydroxylation sites is 1. The normalized spacial score (nSPS) is 22.1. The number of hydrogen-bond donors (Lipinski definition) is 2. The molecule has 3 aromatic rings. The van der Waals surface area contributed by atoms with E-state index in [1.807, 2.05) is 73.8 Å². The lowest BCUT2D eigenvalue weighted by molar-refractivity contribution is -0.138. The van der Waals surface area contributed by atoms with Gasteiger partial charge in [-0.1, -0.05) is 66.7 Å². The Bertz CT molecular complexity index is 1190. The van der Waals surface area contributed by atoms with Crippen molar-refractivity contribution in [2.45, 2.75) is 6.42 Å². The lowest BCUT2D eigenvalue weighted by atomic mass is 9.85. The van der Waals surface area contributed by atoms with E-state index in [4.69, 9.17) is 4.74 Å². The molecule has 196 valence electrons. The number of rotatable bonds is 5. The van der Waals surface area contributed by atoms with Gasteiger partial charge in [-0.2, -0.15) is 0 Å². The second-order valence-corrected chi connectivity index (χ2v) is 9.38. The van der Waals surface area contributed by atoms with Crippen molar-refractivity contribution in [1.29, 1.82) is 0 Å². The molecule has 2 fully saturated rings. The summed E-state index contributed by atoms with van der Waals surface area (Å²) in [5, 5.41) is 5.71. The Balaban J connectivity index is 0.000000151. The molecular weight excluding hydrogens is 478 g/mol. The zero-order valence-electron chi connectivity index (χ0n) is 21.6. The zero-order valence-corrected chi connectivity index (χ0v) is 21.6. The van der Waals surface area contributed by atoms with Crippen molar-refractivity contribution >= 4 is 23.4 Å². The van der Waals surface area contributed by atoms with E-state index < -0.39 is 0 Å². The Hall–Kier alpha value is -4.23. The molecule has 2 bridgehead atoms. The van der Waals surface area contributed by atoms with Crippen LogP contribution in [0, 0.1) is 23.7 Å². The lowest BCUT2D eigenvalue weighted by Crippen LogP contribution is -2.28. The number of nitrogens with one attached hydrogen (secondary N) is 2. The fourth-order valence-electron chi connectivity index (χ4n) is 5.02. The van der Waals surface area contributed by atoms with Gasteiger partial charge in [0, 0.05) is 18.3 Å². The summed E-state index contributed by atoms with van der Waals surface area (Å²) in [6.07, 6.45) is 5.23. The Morgan fingerprint density at radius 3 is 1.82 bits per heavy atom. The molecule has 7 nitrogen and oxygen atoms in total. The number of likely N-dealkylation sites (tertiary alicyclic amines) is 1. The number of benzene rings is 3. The second kappa shape index (κ2) is 12.8. The summed E-state index contributed by atoms with van der Waals surface area (Å²) in [4.78, 5) is 36.6. The summed E-state index contributed by atoms with van der Waals surface area (Å²) in [7, 11) is 3.41. The van der Waals surface area contributed by atoms with Gasteiger partial charge in [0.05, 0.1) is 11.8 Å². The van der Waals surface area contributed by atoms with Crippen LogP contribution in [0.2, 0.25) is 0 Å². The van der Waals surface area contributed by atoms with Crippen LogP contribution < -0.4 is 15.4 Å². The minimum Gasteiger partial charge on any atom is -0.478 e. The third-order valence-electron chi connectivity index (χ3n) is 6.89. The zero-order chi connectivity index (χ0) is 26.9. The van der Waals surface area contributed by atoms with Gasteiger partial charge >= 0.3 is 0 Å². The van der Waals surface area contributed by atoms with E-state index in [0.717, 1.165) is 17.9 Å².